The lowest BCUT2D eigenvalue weighted by molar-refractivity contribution is -0.133. The summed E-state index contributed by atoms with van der Waals surface area (Å²) in [7, 11) is 3.43. The molecule has 0 heterocycles. The van der Waals surface area contributed by atoms with E-state index in [4.69, 9.17) is 10.5 Å². The minimum atomic E-state index is -0.155. The van der Waals surface area contributed by atoms with Crippen LogP contribution in [0.5, 0.6) is 0 Å². The summed E-state index contributed by atoms with van der Waals surface area (Å²) in [5.74, 6) is 0.305. The van der Waals surface area contributed by atoms with E-state index in [-0.39, 0.29) is 17.9 Å². The highest BCUT2D eigenvalue weighted by Crippen LogP contribution is 2.28. The number of carbonyl (C=O) groups excluding carboxylic acids is 1. The Morgan fingerprint density at radius 1 is 1.33 bits per heavy atom. The van der Waals surface area contributed by atoms with Gasteiger partial charge in [-0.1, -0.05) is 50.6 Å². The average molecular weight is 292 g/mol. The van der Waals surface area contributed by atoms with Gasteiger partial charge in [0.2, 0.25) is 5.91 Å². The predicted molar refractivity (Wildman–Crippen MR) is 86.1 cm³/mol. The molecule has 0 aliphatic rings. The van der Waals surface area contributed by atoms with Gasteiger partial charge in [-0.15, -0.1) is 0 Å². The summed E-state index contributed by atoms with van der Waals surface area (Å²) in [6.45, 7) is 5.20. The van der Waals surface area contributed by atoms with E-state index < -0.39 is 0 Å². The van der Waals surface area contributed by atoms with Crippen LogP contribution in [0.1, 0.15) is 31.7 Å². The van der Waals surface area contributed by atoms with Gasteiger partial charge >= 0.3 is 0 Å². The number of hydrogen-bond donors (Lipinski definition) is 1. The van der Waals surface area contributed by atoms with Crippen LogP contribution < -0.4 is 5.73 Å². The molecule has 0 aromatic heterocycles. The van der Waals surface area contributed by atoms with Crippen molar-refractivity contribution in [3.63, 3.8) is 0 Å². The molecule has 0 fully saturated rings. The summed E-state index contributed by atoms with van der Waals surface area (Å²) in [5, 5.41) is 0. The molecule has 0 saturated carbocycles. The summed E-state index contributed by atoms with van der Waals surface area (Å²) in [6.07, 6.45) is 0.962. The fourth-order valence-corrected chi connectivity index (χ4v) is 2.56. The van der Waals surface area contributed by atoms with E-state index in [9.17, 15) is 4.79 Å². The quantitative estimate of drug-likeness (QED) is 0.799. The summed E-state index contributed by atoms with van der Waals surface area (Å²) in [6, 6.07) is 9.83. The molecule has 1 aromatic carbocycles. The third kappa shape index (κ3) is 5.14. The van der Waals surface area contributed by atoms with Gasteiger partial charge in [-0.3, -0.25) is 4.79 Å². The first-order valence-electron chi connectivity index (χ1n) is 7.55. The fraction of sp³-hybridized carbons (Fsp3) is 0.588. The molecule has 0 spiro atoms. The molecule has 1 rings (SSSR count). The van der Waals surface area contributed by atoms with Crippen molar-refractivity contribution >= 4 is 5.91 Å². The Kier molecular flexibility index (Phi) is 7.40. The zero-order valence-electron chi connectivity index (χ0n) is 13.6. The van der Waals surface area contributed by atoms with Gasteiger partial charge in [0.15, 0.2) is 0 Å². The number of nitrogens with zero attached hydrogens (tertiary/aromatic N) is 1. The topological polar surface area (TPSA) is 55.6 Å². The summed E-state index contributed by atoms with van der Waals surface area (Å²) in [4.78, 5) is 14.5. The molecule has 3 atom stereocenters. The van der Waals surface area contributed by atoms with Crippen molar-refractivity contribution in [1.82, 2.24) is 4.90 Å². The van der Waals surface area contributed by atoms with Gasteiger partial charge in [-0.2, -0.15) is 0 Å². The Hall–Kier alpha value is -1.39. The van der Waals surface area contributed by atoms with E-state index in [0.29, 0.717) is 19.1 Å². The molecule has 3 unspecified atom stereocenters. The summed E-state index contributed by atoms with van der Waals surface area (Å²) < 4.78 is 5.04. The van der Waals surface area contributed by atoms with E-state index in [2.05, 4.69) is 13.8 Å². The van der Waals surface area contributed by atoms with Crippen molar-refractivity contribution in [2.45, 2.75) is 32.2 Å². The molecule has 0 aliphatic heterocycles. The Balaban J connectivity index is 2.86. The first-order chi connectivity index (χ1) is 10.0. The number of ether oxygens (including phenoxy) is 1. The van der Waals surface area contributed by atoms with Crippen molar-refractivity contribution in [2.75, 3.05) is 27.3 Å². The molecule has 4 nitrogen and oxygen atoms in total. The second-order valence-corrected chi connectivity index (χ2v) is 5.71. The molecule has 2 N–H and O–H groups in total. The zero-order chi connectivity index (χ0) is 15.8. The summed E-state index contributed by atoms with van der Waals surface area (Å²) >= 11 is 0. The molecule has 1 amide bonds. The summed E-state index contributed by atoms with van der Waals surface area (Å²) in [5.41, 5.74) is 7.02. The zero-order valence-corrected chi connectivity index (χ0v) is 13.6. The van der Waals surface area contributed by atoms with Gasteiger partial charge in [0, 0.05) is 26.7 Å². The number of likely N-dealkylation sites (N-methyl/N-ethyl adjacent to an activating group) is 1. The molecule has 0 radical (unpaired) electrons. The van der Waals surface area contributed by atoms with E-state index in [0.717, 1.165) is 12.0 Å². The standard InChI is InChI=1S/C17H28N2O2/c1-5-13(2)16(14-9-7-6-8-10-14)17(20)19(3)11-15(18)12-21-4/h6-10,13,15-16H,5,11-12,18H2,1-4H3. The third-order valence-corrected chi connectivity index (χ3v) is 3.90. The number of rotatable bonds is 8. The number of amides is 1. The Bertz CT molecular complexity index is 422. The van der Waals surface area contributed by atoms with E-state index in [1.807, 2.05) is 37.4 Å². The second-order valence-electron chi connectivity index (χ2n) is 5.71. The molecule has 0 bridgehead atoms. The van der Waals surface area contributed by atoms with Crippen LogP contribution in [0.2, 0.25) is 0 Å². The lowest BCUT2D eigenvalue weighted by Gasteiger charge is -2.29. The Labute approximate surface area is 128 Å². The van der Waals surface area contributed by atoms with Gasteiger partial charge in [-0.25, -0.2) is 0 Å². The molecule has 4 heteroatoms. The van der Waals surface area contributed by atoms with Crippen LogP contribution in [0.25, 0.3) is 0 Å². The van der Waals surface area contributed by atoms with Crippen LogP contribution in [0.15, 0.2) is 30.3 Å². The molecule has 0 aliphatic carbocycles. The monoisotopic (exact) mass is 292 g/mol. The Morgan fingerprint density at radius 3 is 2.48 bits per heavy atom. The molecular formula is C17H28N2O2. The van der Waals surface area contributed by atoms with E-state index in [1.54, 1.807) is 12.0 Å². The van der Waals surface area contributed by atoms with Gasteiger partial charge in [0.05, 0.1) is 12.5 Å². The van der Waals surface area contributed by atoms with Crippen LogP contribution in [0.3, 0.4) is 0 Å². The first-order valence-corrected chi connectivity index (χ1v) is 7.55. The predicted octanol–water partition coefficient (Wildman–Crippen LogP) is 2.25. The number of nitrogens with two attached hydrogens (primary N) is 1. The molecule has 21 heavy (non-hydrogen) atoms. The Morgan fingerprint density at radius 2 is 1.95 bits per heavy atom. The SMILES string of the molecule is CCC(C)C(C(=O)N(C)CC(N)COC)c1ccccc1. The number of hydrogen-bond acceptors (Lipinski definition) is 3. The van der Waals surface area contributed by atoms with Gasteiger partial charge < -0.3 is 15.4 Å². The van der Waals surface area contributed by atoms with Crippen molar-refractivity contribution in [3.05, 3.63) is 35.9 Å². The molecular weight excluding hydrogens is 264 g/mol. The van der Waals surface area contributed by atoms with Crippen LogP contribution in [0, 0.1) is 5.92 Å². The van der Waals surface area contributed by atoms with Gasteiger partial charge in [-0.05, 0) is 11.5 Å². The van der Waals surface area contributed by atoms with Crippen molar-refractivity contribution in [3.8, 4) is 0 Å². The first kappa shape index (κ1) is 17.7. The number of benzene rings is 1. The van der Waals surface area contributed by atoms with E-state index in [1.165, 1.54) is 0 Å². The third-order valence-electron chi connectivity index (χ3n) is 3.90. The number of carbonyl (C=O) groups is 1. The van der Waals surface area contributed by atoms with Crippen LogP contribution >= 0.6 is 0 Å². The normalized spacial score (nSPS) is 15.3. The molecule has 1 aromatic rings. The maximum atomic E-state index is 12.8. The van der Waals surface area contributed by atoms with E-state index >= 15 is 0 Å². The number of methoxy groups -OCH3 is 1. The van der Waals surface area contributed by atoms with Crippen LogP contribution in [-0.2, 0) is 9.53 Å². The maximum absolute atomic E-state index is 12.8. The minimum absolute atomic E-state index is 0.115. The highest BCUT2D eigenvalue weighted by atomic mass is 16.5. The van der Waals surface area contributed by atoms with Crippen molar-refractivity contribution < 1.29 is 9.53 Å². The lowest BCUT2D eigenvalue weighted by atomic mass is 9.84. The lowest BCUT2D eigenvalue weighted by Crippen LogP contribution is -2.43. The second kappa shape index (κ2) is 8.80. The van der Waals surface area contributed by atoms with Crippen LogP contribution in [-0.4, -0.2) is 44.2 Å². The molecule has 0 saturated heterocycles. The van der Waals surface area contributed by atoms with Gasteiger partial charge in [0.1, 0.15) is 0 Å². The molecule has 118 valence electrons. The van der Waals surface area contributed by atoms with Crippen LogP contribution in [0.4, 0.5) is 0 Å². The maximum Gasteiger partial charge on any atom is 0.230 e. The average Bonchev–Trinajstić information content (AvgIpc) is 2.48. The van der Waals surface area contributed by atoms with Crippen molar-refractivity contribution in [2.24, 2.45) is 11.7 Å². The van der Waals surface area contributed by atoms with Gasteiger partial charge in [0.25, 0.3) is 0 Å². The fourth-order valence-electron chi connectivity index (χ4n) is 2.56. The largest absolute Gasteiger partial charge is 0.383 e. The smallest absolute Gasteiger partial charge is 0.230 e. The minimum Gasteiger partial charge on any atom is -0.383 e. The highest BCUT2D eigenvalue weighted by molar-refractivity contribution is 5.83. The highest BCUT2D eigenvalue weighted by Gasteiger charge is 2.28. The van der Waals surface area contributed by atoms with Crippen molar-refractivity contribution in [1.29, 1.82) is 0 Å².